The van der Waals surface area contributed by atoms with Crippen molar-refractivity contribution in [2.75, 3.05) is 5.73 Å². The summed E-state index contributed by atoms with van der Waals surface area (Å²) in [7, 11) is 0. The van der Waals surface area contributed by atoms with Gasteiger partial charge in [-0.1, -0.05) is 0 Å². The summed E-state index contributed by atoms with van der Waals surface area (Å²) in [6.07, 6.45) is 0. The molecule has 0 unspecified atom stereocenters. The molecule has 0 saturated heterocycles. The molecule has 0 amide bonds. The third-order valence-electron chi connectivity index (χ3n) is 1.69. The van der Waals surface area contributed by atoms with E-state index in [1.807, 2.05) is 0 Å². The van der Waals surface area contributed by atoms with Crippen LogP contribution < -0.4 is 5.73 Å². The minimum atomic E-state index is -0.707. The Kier molecular flexibility index (Phi) is 1.88. The lowest BCUT2D eigenvalue weighted by Crippen LogP contribution is -1.89. The van der Waals surface area contributed by atoms with Crippen LogP contribution in [0.15, 0.2) is 18.2 Å². The van der Waals surface area contributed by atoms with Crippen molar-refractivity contribution in [3.8, 4) is 11.4 Å². The zero-order valence-corrected chi connectivity index (χ0v) is 6.96. The highest BCUT2D eigenvalue weighted by Gasteiger charge is 2.09. The highest BCUT2D eigenvalue weighted by Crippen LogP contribution is 2.19. The van der Waals surface area contributed by atoms with Gasteiger partial charge in [-0.25, -0.2) is 8.78 Å². The molecule has 1 heterocycles. The number of nitrogens with zero attached hydrogens (tertiary/aromatic N) is 2. The molecule has 14 heavy (non-hydrogen) atoms. The number of aromatic nitrogens is 3. The molecule has 2 aromatic rings. The van der Waals surface area contributed by atoms with Crippen molar-refractivity contribution in [2.45, 2.75) is 0 Å². The van der Waals surface area contributed by atoms with Crippen molar-refractivity contribution in [1.29, 1.82) is 0 Å². The van der Waals surface area contributed by atoms with Gasteiger partial charge in [0.2, 0.25) is 5.95 Å². The summed E-state index contributed by atoms with van der Waals surface area (Å²) < 4.78 is 25.7. The molecule has 0 aliphatic carbocycles. The number of aromatic amines is 1. The highest BCUT2D eigenvalue weighted by molar-refractivity contribution is 5.56. The van der Waals surface area contributed by atoms with Crippen molar-refractivity contribution >= 4 is 5.95 Å². The predicted octanol–water partition coefficient (Wildman–Crippen LogP) is 1.33. The molecule has 0 radical (unpaired) electrons. The second-order valence-electron chi connectivity index (χ2n) is 2.67. The first-order chi connectivity index (χ1) is 6.66. The molecular weight excluding hydrogens is 190 g/mol. The summed E-state index contributed by atoms with van der Waals surface area (Å²) in [5, 5.41) is 5.97. The molecule has 4 nitrogen and oxygen atoms in total. The number of halogens is 2. The molecule has 1 aromatic carbocycles. The summed E-state index contributed by atoms with van der Waals surface area (Å²) in [6, 6.07) is 3.18. The van der Waals surface area contributed by atoms with Gasteiger partial charge in [0.05, 0.1) is 5.56 Å². The number of rotatable bonds is 1. The normalized spacial score (nSPS) is 10.4. The Balaban J connectivity index is 2.52. The summed E-state index contributed by atoms with van der Waals surface area (Å²) in [6.45, 7) is 0. The average Bonchev–Trinajstić information content (AvgIpc) is 2.51. The number of nitrogens with one attached hydrogen (secondary N) is 1. The zero-order valence-electron chi connectivity index (χ0n) is 6.96. The second kappa shape index (κ2) is 3.06. The minimum absolute atomic E-state index is 0.0173. The van der Waals surface area contributed by atoms with Gasteiger partial charge in [-0.15, -0.1) is 5.10 Å². The molecule has 2 rings (SSSR count). The third kappa shape index (κ3) is 1.41. The van der Waals surface area contributed by atoms with E-state index < -0.39 is 11.6 Å². The summed E-state index contributed by atoms with van der Waals surface area (Å²) in [5.41, 5.74) is 5.38. The van der Waals surface area contributed by atoms with Crippen LogP contribution in [0, 0.1) is 11.6 Å². The van der Waals surface area contributed by atoms with Gasteiger partial charge in [-0.3, -0.25) is 5.10 Å². The van der Waals surface area contributed by atoms with Crippen molar-refractivity contribution in [1.82, 2.24) is 15.2 Å². The van der Waals surface area contributed by atoms with Crippen LogP contribution in [0.2, 0.25) is 0 Å². The number of benzene rings is 1. The van der Waals surface area contributed by atoms with Crippen molar-refractivity contribution < 1.29 is 8.78 Å². The van der Waals surface area contributed by atoms with Crippen molar-refractivity contribution in [3.63, 3.8) is 0 Å². The van der Waals surface area contributed by atoms with E-state index >= 15 is 0 Å². The van der Waals surface area contributed by atoms with Gasteiger partial charge < -0.3 is 5.73 Å². The van der Waals surface area contributed by atoms with Gasteiger partial charge in [0, 0.05) is 6.07 Å². The maximum atomic E-state index is 13.2. The fourth-order valence-corrected chi connectivity index (χ4v) is 1.08. The molecule has 0 fully saturated rings. The molecule has 0 bridgehead atoms. The van der Waals surface area contributed by atoms with E-state index in [1.54, 1.807) is 0 Å². The van der Waals surface area contributed by atoms with Crippen LogP contribution >= 0.6 is 0 Å². The van der Waals surface area contributed by atoms with Crippen LogP contribution in [0.3, 0.4) is 0 Å². The Hall–Kier alpha value is -1.98. The van der Waals surface area contributed by atoms with E-state index in [0.717, 1.165) is 12.1 Å². The van der Waals surface area contributed by atoms with Crippen molar-refractivity contribution in [3.05, 3.63) is 29.8 Å². The summed E-state index contributed by atoms with van der Waals surface area (Å²) in [5.74, 6) is -1.15. The third-order valence-corrected chi connectivity index (χ3v) is 1.69. The number of hydrogen-bond acceptors (Lipinski definition) is 3. The average molecular weight is 196 g/mol. The first kappa shape index (κ1) is 8.61. The monoisotopic (exact) mass is 196 g/mol. The Morgan fingerprint density at radius 2 is 2.07 bits per heavy atom. The van der Waals surface area contributed by atoms with Crippen molar-refractivity contribution in [2.24, 2.45) is 0 Å². The van der Waals surface area contributed by atoms with Gasteiger partial charge >= 0.3 is 0 Å². The Morgan fingerprint density at radius 3 is 2.64 bits per heavy atom. The zero-order chi connectivity index (χ0) is 10.1. The molecular formula is C8H6F2N4. The number of nitrogens with two attached hydrogens (primary N) is 1. The molecule has 0 aliphatic rings. The second-order valence-corrected chi connectivity index (χ2v) is 2.67. The molecule has 72 valence electrons. The smallest absolute Gasteiger partial charge is 0.239 e. The number of hydrogen-bond donors (Lipinski definition) is 2. The lowest BCUT2D eigenvalue weighted by atomic mass is 10.2. The SMILES string of the molecule is Nc1n[nH]c(-c2ccc(F)cc2F)n1. The largest absolute Gasteiger partial charge is 0.366 e. The summed E-state index contributed by atoms with van der Waals surface area (Å²) in [4.78, 5) is 3.72. The Morgan fingerprint density at radius 1 is 1.29 bits per heavy atom. The van der Waals surface area contributed by atoms with Crippen LogP contribution in [-0.4, -0.2) is 15.2 Å². The van der Waals surface area contributed by atoms with E-state index in [9.17, 15) is 8.78 Å². The van der Waals surface area contributed by atoms with Crippen LogP contribution in [0.25, 0.3) is 11.4 Å². The molecule has 0 spiro atoms. The van der Waals surface area contributed by atoms with Crippen LogP contribution in [-0.2, 0) is 0 Å². The van der Waals surface area contributed by atoms with Gasteiger partial charge in [0.15, 0.2) is 5.82 Å². The van der Waals surface area contributed by atoms with Gasteiger partial charge in [-0.05, 0) is 12.1 Å². The maximum Gasteiger partial charge on any atom is 0.239 e. The molecule has 3 N–H and O–H groups in total. The van der Waals surface area contributed by atoms with E-state index in [-0.39, 0.29) is 17.3 Å². The molecule has 0 atom stereocenters. The van der Waals surface area contributed by atoms with Crippen LogP contribution in [0.5, 0.6) is 0 Å². The first-order valence-electron chi connectivity index (χ1n) is 3.80. The van der Waals surface area contributed by atoms with Gasteiger partial charge in [0.25, 0.3) is 0 Å². The topological polar surface area (TPSA) is 67.6 Å². The molecule has 6 heteroatoms. The van der Waals surface area contributed by atoms with Crippen LogP contribution in [0.4, 0.5) is 14.7 Å². The van der Waals surface area contributed by atoms with Gasteiger partial charge in [-0.2, -0.15) is 4.98 Å². The van der Waals surface area contributed by atoms with E-state index in [1.165, 1.54) is 6.07 Å². The molecule has 1 aromatic heterocycles. The first-order valence-corrected chi connectivity index (χ1v) is 3.80. The Labute approximate surface area is 77.8 Å². The quantitative estimate of drug-likeness (QED) is 0.723. The minimum Gasteiger partial charge on any atom is -0.366 e. The number of nitrogen functional groups attached to an aromatic ring is 1. The highest BCUT2D eigenvalue weighted by atomic mass is 19.1. The van der Waals surface area contributed by atoms with Gasteiger partial charge in [0.1, 0.15) is 11.6 Å². The lowest BCUT2D eigenvalue weighted by Gasteiger charge is -1.97. The predicted molar refractivity (Wildman–Crippen MR) is 46.1 cm³/mol. The van der Waals surface area contributed by atoms with E-state index in [0.29, 0.717) is 0 Å². The fraction of sp³-hybridized carbons (Fsp3) is 0. The number of anilines is 1. The van der Waals surface area contributed by atoms with E-state index in [4.69, 9.17) is 5.73 Å². The van der Waals surface area contributed by atoms with Crippen LogP contribution in [0.1, 0.15) is 0 Å². The molecule has 0 aliphatic heterocycles. The maximum absolute atomic E-state index is 13.2. The Bertz CT molecular complexity index is 466. The fourth-order valence-electron chi connectivity index (χ4n) is 1.08. The lowest BCUT2D eigenvalue weighted by molar-refractivity contribution is 0.585. The van der Waals surface area contributed by atoms with E-state index in [2.05, 4.69) is 15.2 Å². The standard InChI is InChI=1S/C8H6F2N4/c9-4-1-2-5(6(10)3-4)7-12-8(11)14-13-7/h1-3H,(H3,11,12,13,14). The summed E-state index contributed by atoms with van der Waals surface area (Å²) >= 11 is 0. The number of H-pyrrole nitrogens is 1. The molecule has 0 saturated carbocycles.